The van der Waals surface area contributed by atoms with Crippen molar-refractivity contribution in [3.63, 3.8) is 0 Å². The van der Waals surface area contributed by atoms with Crippen molar-refractivity contribution in [1.29, 1.82) is 0 Å². The molecule has 0 aromatic heterocycles. The van der Waals surface area contributed by atoms with Gasteiger partial charge in [0.15, 0.2) is 0 Å². The molecule has 0 aliphatic carbocycles. The maximum absolute atomic E-state index is 10.5. The Morgan fingerprint density at radius 2 is 1.33 bits per heavy atom. The summed E-state index contributed by atoms with van der Waals surface area (Å²) < 4.78 is 0. The number of aliphatic carboxylic acids is 2. The molecular formula is C10H15ClO4. The highest BCUT2D eigenvalue weighted by atomic mass is 35.5. The van der Waals surface area contributed by atoms with Crippen molar-refractivity contribution in [1.82, 2.24) is 0 Å². The van der Waals surface area contributed by atoms with Gasteiger partial charge in [0, 0.05) is 11.1 Å². The van der Waals surface area contributed by atoms with Crippen molar-refractivity contribution in [3.8, 4) is 0 Å². The third-order valence-electron chi connectivity index (χ3n) is 1.59. The van der Waals surface area contributed by atoms with Gasteiger partial charge in [-0.1, -0.05) is 32.0 Å². The molecule has 0 heterocycles. The Morgan fingerprint density at radius 3 is 1.40 bits per heavy atom. The van der Waals surface area contributed by atoms with E-state index >= 15 is 0 Å². The molecule has 0 rings (SSSR count). The van der Waals surface area contributed by atoms with E-state index in [0.29, 0.717) is 0 Å². The third kappa shape index (κ3) is 6.74. The van der Waals surface area contributed by atoms with Crippen LogP contribution in [0.5, 0.6) is 0 Å². The fourth-order valence-electron chi connectivity index (χ4n) is 0.987. The van der Waals surface area contributed by atoms with Crippen LogP contribution in [-0.4, -0.2) is 22.2 Å². The number of halogens is 1. The Labute approximate surface area is 93.9 Å². The standard InChI is InChI=1S/C8H12O4.C2H3Cl/c1-3-5(7(9)10)6(4-2)8(11)12;1-2-3/h3-4H2,1-2H3,(H,9,10)(H,11,12);2H,1H2/b6-5-;. The minimum absolute atomic E-state index is 0.00926. The average Bonchev–Trinajstić information content (AvgIpc) is 2.13. The maximum atomic E-state index is 10.5. The molecule has 0 amide bonds. The highest BCUT2D eigenvalue weighted by Crippen LogP contribution is 2.12. The van der Waals surface area contributed by atoms with Crippen LogP contribution < -0.4 is 0 Å². The van der Waals surface area contributed by atoms with Gasteiger partial charge in [0.2, 0.25) is 0 Å². The van der Waals surface area contributed by atoms with Crippen molar-refractivity contribution < 1.29 is 19.8 Å². The number of rotatable bonds is 4. The summed E-state index contributed by atoms with van der Waals surface area (Å²) in [5.41, 5.74) is 1.20. The minimum atomic E-state index is -1.14. The zero-order chi connectivity index (χ0) is 12.4. The van der Waals surface area contributed by atoms with Crippen molar-refractivity contribution in [3.05, 3.63) is 23.3 Å². The van der Waals surface area contributed by atoms with E-state index in [9.17, 15) is 9.59 Å². The van der Waals surface area contributed by atoms with Gasteiger partial charge in [-0.05, 0) is 18.4 Å². The smallest absolute Gasteiger partial charge is 0.332 e. The first-order valence-electron chi connectivity index (χ1n) is 4.35. The van der Waals surface area contributed by atoms with Crippen molar-refractivity contribution in [2.24, 2.45) is 0 Å². The van der Waals surface area contributed by atoms with E-state index in [1.165, 1.54) is 5.54 Å². The summed E-state index contributed by atoms with van der Waals surface area (Å²) in [4.78, 5) is 21.0. The monoisotopic (exact) mass is 234 g/mol. The highest BCUT2D eigenvalue weighted by Gasteiger charge is 2.16. The lowest BCUT2D eigenvalue weighted by molar-refractivity contribution is -0.136. The van der Waals surface area contributed by atoms with E-state index in [-0.39, 0.29) is 24.0 Å². The third-order valence-corrected chi connectivity index (χ3v) is 1.59. The van der Waals surface area contributed by atoms with Crippen LogP contribution in [0.4, 0.5) is 0 Å². The summed E-state index contributed by atoms with van der Waals surface area (Å²) in [6.45, 7) is 6.38. The Balaban J connectivity index is 0. The largest absolute Gasteiger partial charge is 0.478 e. The summed E-state index contributed by atoms with van der Waals surface area (Å²) in [6, 6.07) is 0. The molecule has 0 unspecified atom stereocenters. The maximum Gasteiger partial charge on any atom is 0.332 e. The van der Waals surface area contributed by atoms with Crippen LogP contribution in [-0.2, 0) is 9.59 Å². The van der Waals surface area contributed by atoms with Gasteiger partial charge in [0.25, 0.3) is 0 Å². The first kappa shape index (κ1) is 16.2. The van der Waals surface area contributed by atoms with E-state index in [4.69, 9.17) is 21.8 Å². The Hall–Kier alpha value is -1.29. The molecule has 0 fully saturated rings. The highest BCUT2D eigenvalue weighted by molar-refractivity contribution is 6.25. The van der Waals surface area contributed by atoms with Crippen LogP contribution in [0, 0.1) is 0 Å². The van der Waals surface area contributed by atoms with Crippen LogP contribution in [0.2, 0.25) is 0 Å². The summed E-state index contributed by atoms with van der Waals surface area (Å²) in [6.07, 6.45) is 0.482. The zero-order valence-corrected chi connectivity index (χ0v) is 9.54. The minimum Gasteiger partial charge on any atom is -0.478 e. The zero-order valence-electron chi connectivity index (χ0n) is 8.79. The lowest BCUT2D eigenvalue weighted by Crippen LogP contribution is -2.10. The molecule has 0 aliphatic heterocycles. The molecule has 2 N–H and O–H groups in total. The molecule has 0 spiro atoms. The quantitative estimate of drug-likeness (QED) is 0.734. The molecule has 86 valence electrons. The Morgan fingerprint density at radius 1 is 1.13 bits per heavy atom. The molecule has 0 saturated carbocycles. The van der Waals surface area contributed by atoms with Gasteiger partial charge in [-0.3, -0.25) is 0 Å². The molecule has 0 atom stereocenters. The van der Waals surface area contributed by atoms with Crippen molar-refractivity contribution in [2.75, 3.05) is 0 Å². The normalized spacial score (nSPS) is 10.6. The molecule has 0 bridgehead atoms. The molecule has 0 saturated heterocycles. The number of carbonyl (C=O) groups is 2. The molecular weight excluding hydrogens is 220 g/mol. The number of carboxylic acids is 2. The van der Waals surface area contributed by atoms with Gasteiger partial charge >= 0.3 is 11.9 Å². The molecule has 0 aromatic carbocycles. The van der Waals surface area contributed by atoms with E-state index in [1.807, 2.05) is 0 Å². The number of hydrogen-bond acceptors (Lipinski definition) is 2. The lowest BCUT2D eigenvalue weighted by Gasteiger charge is -2.03. The fourth-order valence-corrected chi connectivity index (χ4v) is 0.987. The van der Waals surface area contributed by atoms with E-state index in [1.54, 1.807) is 13.8 Å². The first-order valence-corrected chi connectivity index (χ1v) is 4.79. The van der Waals surface area contributed by atoms with Crippen LogP contribution in [0.3, 0.4) is 0 Å². The SMILES string of the molecule is C=CCl.CC/C(C(=O)O)=C(\CC)C(=O)O. The summed E-state index contributed by atoms with van der Waals surface area (Å²) >= 11 is 4.76. The second-order valence-electron chi connectivity index (χ2n) is 2.43. The van der Waals surface area contributed by atoms with Gasteiger partial charge in [-0.25, -0.2) is 9.59 Å². The van der Waals surface area contributed by atoms with E-state index in [0.717, 1.165) is 0 Å². The number of carboxylic acid groups (broad SMARTS) is 2. The van der Waals surface area contributed by atoms with Crippen LogP contribution in [0.25, 0.3) is 0 Å². The molecule has 0 aliphatic rings. The van der Waals surface area contributed by atoms with Gasteiger partial charge < -0.3 is 10.2 Å². The predicted octanol–water partition coefficient (Wildman–Crippen LogP) is 2.64. The number of hydrogen-bond donors (Lipinski definition) is 2. The van der Waals surface area contributed by atoms with E-state index in [2.05, 4.69) is 6.58 Å². The van der Waals surface area contributed by atoms with Crippen molar-refractivity contribution in [2.45, 2.75) is 26.7 Å². The average molecular weight is 235 g/mol. The van der Waals surface area contributed by atoms with Crippen molar-refractivity contribution >= 4 is 23.5 Å². The van der Waals surface area contributed by atoms with Gasteiger partial charge in [0.05, 0.1) is 0 Å². The summed E-state index contributed by atoms with van der Waals surface area (Å²) in [5.74, 6) is -2.28. The van der Waals surface area contributed by atoms with Crippen LogP contribution in [0.1, 0.15) is 26.7 Å². The van der Waals surface area contributed by atoms with E-state index < -0.39 is 11.9 Å². The van der Waals surface area contributed by atoms with Gasteiger partial charge in [-0.15, -0.1) is 0 Å². The Kier molecular flexibility index (Phi) is 9.98. The summed E-state index contributed by atoms with van der Waals surface area (Å²) in [5, 5.41) is 17.2. The van der Waals surface area contributed by atoms with Gasteiger partial charge in [0.1, 0.15) is 0 Å². The molecule has 5 heteroatoms. The molecule has 15 heavy (non-hydrogen) atoms. The lowest BCUT2D eigenvalue weighted by atomic mass is 10.0. The Bertz CT molecular complexity index is 245. The molecule has 4 nitrogen and oxygen atoms in total. The van der Waals surface area contributed by atoms with Gasteiger partial charge in [-0.2, -0.15) is 0 Å². The fraction of sp³-hybridized carbons (Fsp3) is 0.400. The second-order valence-corrected chi connectivity index (χ2v) is 2.74. The topological polar surface area (TPSA) is 74.6 Å². The summed E-state index contributed by atoms with van der Waals surface area (Å²) in [7, 11) is 0. The first-order chi connectivity index (χ1) is 6.95. The van der Waals surface area contributed by atoms with Crippen LogP contribution in [0.15, 0.2) is 23.3 Å². The molecule has 0 radical (unpaired) electrons. The van der Waals surface area contributed by atoms with Crippen LogP contribution >= 0.6 is 11.6 Å². The molecule has 0 aromatic rings. The predicted molar refractivity (Wildman–Crippen MR) is 58.9 cm³/mol. The second kappa shape index (κ2) is 9.27.